The molecule has 6 nitrogen and oxygen atoms in total. The van der Waals surface area contributed by atoms with Gasteiger partial charge in [0.05, 0.1) is 18.0 Å². The summed E-state index contributed by atoms with van der Waals surface area (Å²) in [6.45, 7) is 11.2. The molecule has 0 unspecified atom stereocenters. The van der Waals surface area contributed by atoms with E-state index < -0.39 is 0 Å². The monoisotopic (exact) mass is 456 g/mol. The van der Waals surface area contributed by atoms with Crippen LogP contribution in [0.5, 0.6) is 5.88 Å². The highest BCUT2D eigenvalue weighted by molar-refractivity contribution is 5.86. The Kier molecular flexibility index (Phi) is 6.96. The summed E-state index contributed by atoms with van der Waals surface area (Å²) in [6.07, 6.45) is 0.921. The number of carbonyl (C=O) groups excluding carboxylic acids is 1. The number of hydrogen-bond acceptors (Lipinski definition) is 4. The van der Waals surface area contributed by atoms with Gasteiger partial charge in [0.15, 0.2) is 5.65 Å². The number of nitrogens with zero attached hydrogens (tertiary/aromatic N) is 3. The third-order valence-corrected chi connectivity index (χ3v) is 6.10. The van der Waals surface area contributed by atoms with E-state index in [9.17, 15) is 4.79 Å². The van der Waals surface area contributed by atoms with Gasteiger partial charge >= 0.3 is 0 Å². The molecule has 6 heteroatoms. The predicted octanol–water partition coefficient (Wildman–Crippen LogP) is 5.30. The first-order valence-electron chi connectivity index (χ1n) is 11.8. The maximum atomic E-state index is 12.6. The van der Waals surface area contributed by atoms with Crippen molar-refractivity contribution in [2.45, 2.75) is 54.0 Å². The van der Waals surface area contributed by atoms with Gasteiger partial charge in [0.1, 0.15) is 0 Å². The zero-order chi connectivity index (χ0) is 24.2. The standard InChI is InChI=1S/C28H32N4O2/c1-6-34-28-24(15-16-25(33)29-17-22-11-7-18(2)8-12-22)20(4)26-21(5)31-32(27(26)30-28)23-13-9-19(3)10-14-23/h7-14H,6,15-17H2,1-5H3,(H,29,33). The van der Waals surface area contributed by atoms with Gasteiger partial charge in [-0.3, -0.25) is 4.79 Å². The van der Waals surface area contributed by atoms with Crippen LogP contribution in [0.3, 0.4) is 0 Å². The first-order valence-corrected chi connectivity index (χ1v) is 11.8. The molecule has 2 heterocycles. The van der Waals surface area contributed by atoms with E-state index in [1.54, 1.807) is 0 Å². The van der Waals surface area contributed by atoms with Crippen LogP contribution in [0.15, 0.2) is 48.5 Å². The number of aryl methyl sites for hydroxylation is 4. The minimum atomic E-state index is 0.00888. The van der Waals surface area contributed by atoms with Crippen LogP contribution in [0.25, 0.3) is 16.7 Å². The van der Waals surface area contributed by atoms with E-state index in [-0.39, 0.29) is 5.91 Å². The van der Waals surface area contributed by atoms with E-state index in [0.717, 1.165) is 39.1 Å². The fourth-order valence-electron chi connectivity index (χ4n) is 4.18. The molecular weight excluding hydrogens is 424 g/mol. The first-order chi connectivity index (χ1) is 16.4. The zero-order valence-corrected chi connectivity index (χ0v) is 20.6. The molecule has 34 heavy (non-hydrogen) atoms. The molecule has 4 rings (SSSR count). The van der Waals surface area contributed by atoms with E-state index in [4.69, 9.17) is 14.8 Å². The molecule has 2 aromatic carbocycles. The topological polar surface area (TPSA) is 69.0 Å². The lowest BCUT2D eigenvalue weighted by Crippen LogP contribution is -2.23. The second-order valence-electron chi connectivity index (χ2n) is 8.75. The molecule has 1 N–H and O–H groups in total. The fourth-order valence-corrected chi connectivity index (χ4v) is 4.18. The Morgan fingerprint density at radius 3 is 2.26 bits per heavy atom. The van der Waals surface area contributed by atoms with Crippen molar-refractivity contribution in [2.24, 2.45) is 0 Å². The highest BCUT2D eigenvalue weighted by Gasteiger charge is 2.20. The molecule has 2 aromatic heterocycles. The summed E-state index contributed by atoms with van der Waals surface area (Å²) in [4.78, 5) is 17.5. The van der Waals surface area contributed by atoms with E-state index in [2.05, 4.69) is 50.4 Å². The summed E-state index contributed by atoms with van der Waals surface area (Å²) in [6, 6.07) is 16.4. The Balaban J connectivity index is 1.59. The molecule has 0 fully saturated rings. The van der Waals surface area contributed by atoms with Crippen molar-refractivity contribution >= 4 is 16.9 Å². The predicted molar refractivity (Wildman–Crippen MR) is 136 cm³/mol. The SMILES string of the molecule is CCOc1nc2c(c(C)nn2-c2ccc(C)cc2)c(C)c1CCC(=O)NCc1ccc(C)cc1. The fraction of sp³-hybridized carbons (Fsp3) is 0.321. The number of benzene rings is 2. The van der Waals surface area contributed by atoms with Crippen LogP contribution in [0.2, 0.25) is 0 Å². The van der Waals surface area contributed by atoms with Crippen molar-refractivity contribution < 1.29 is 9.53 Å². The maximum Gasteiger partial charge on any atom is 0.220 e. The minimum Gasteiger partial charge on any atom is -0.478 e. The highest BCUT2D eigenvalue weighted by Crippen LogP contribution is 2.32. The number of rotatable bonds is 8. The maximum absolute atomic E-state index is 12.6. The molecule has 0 aliphatic carbocycles. The van der Waals surface area contributed by atoms with Crippen LogP contribution < -0.4 is 10.1 Å². The van der Waals surface area contributed by atoms with E-state index in [1.165, 1.54) is 11.1 Å². The van der Waals surface area contributed by atoms with Crippen LogP contribution in [0, 0.1) is 27.7 Å². The number of pyridine rings is 1. The normalized spacial score (nSPS) is 11.1. The molecule has 4 aromatic rings. The van der Waals surface area contributed by atoms with E-state index in [1.807, 2.05) is 42.8 Å². The van der Waals surface area contributed by atoms with Gasteiger partial charge in [0.25, 0.3) is 0 Å². The molecule has 0 bridgehead atoms. The van der Waals surface area contributed by atoms with E-state index >= 15 is 0 Å². The first kappa shape index (κ1) is 23.5. The summed E-state index contributed by atoms with van der Waals surface area (Å²) in [5, 5.41) is 8.81. The Hall–Kier alpha value is -3.67. The van der Waals surface area contributed by atoms with Gasteiger partial charge in [-0.05, 0) is 64.3 Å². The second-order valence-corrected chi connectivity index (χ2v) is 8.75. The second kappa shape index (κ2) is 10.1. The smallest absolute Gasteiger partial charge is 0.220 e. The number of hydrogen-bond donors (Lipinski definition) is 1. The summed E-state index contributed by atoms with van der Waals surface area (Å²) < 4.78 is 7.81. The number of aromatic nitrogens is 3. The zero-order valence-electron chi connectivity index (χ0n) is 20.6. The quantitative estimate of drug-likeness (QED) is 0.391. The van der Waals surface area contributed by atoms with E-state index in [0.29, 0.717) is 31.9 Å². The number of fused-ring (bicyclic) bond motifs is 1. The Labute approximate surface area is 201 Å². The third-order valence-electron chi connectivity index (χ3n) is 6.10. The van der Waals surface area contributed by atoms with Gasteiger partial charge in [-0.2, -0.15) is 10.1 Å². The molecule has 1 amide bonds. The summed E-state index contributed by atoms with van der Waals surface area (Å²) >= 11 is 0. The lowest BCUT2D eigenvalue weighted by molar-refractivity contribution is -0.121. The van der Waals surface area contributed by atoms with Gasteiger partial charge in [0.2, 0.25) is 11.8 Å². The van der Waals surface area contributed by atoms with Gasteiger partial charge in [-0.1, -0.05) is 47.5 Å². The molecule has 0 saturated heterocycles. The molecule has 0 aliphatic rings. The van der Waals surface area contributed by atoms with Gasteiger partial charge in [-0.25, -0.2) is 4.68 Å². The summed E-state index contributed by atoms with van der Waals surface area (Å²) in [5.74, 6) is 0.585. The number of ether oxygens (including phenoxy) is 1. The third kappa shape index (κ3) is 4.96. The Morgan fingerprint density at radius 2 is 1.62 bits per heavy atom. The van der Waals surface area contributed by atoms with Crippen molar-refractivity contribution in [1.82, 2.24) is 20.1 Å². The van der Waals surface area contributed by atoms with Crippen molar-refractivity contribution in [3.63, 3.8) is 0 Å². The van der Waals surface area contributed by atoms with Crippen molar-refractivity contribution in [2.75, 3.05) is 6.61 Å². The van der Waals surface area contributed by atoms with Crippen LogP contribution >= 0.6 is 0 Å². The average molecular weight is 457 g/mol. The van der Waals surface area contributed by atoms with Crippen LogP contribution in [-0.4, -0.2) is 27.3 Å². The molecule has 0 radical (unpaired) electrons. The molecular formula is C28H32N4O2. The largest absolute Gasteiger partial charge is 0.478 e. The van der Waals surface area contributed by atoms with Crippen molar-refractivity contribution in [1.29, 1.82) is 0 Å². The van der Waals surface area contributed by atoms with Crippen LogP contribution in [0.4, 0.5) is 0 Å². The summed E-state index contributed by atoms with van der Waals surface area (Å²) in [5.41, 5.74) is 8.16. The molecule has 0 aliphatic heterocycles. The number of nitrogens with one attached hydrogen (secondary N) is 1. The van der Waals surface area contributed by atoms with Gasteiger partial charge < -0.3 is 10.1 Å². The van der Waals surface area contributed by atoms with Crippen molar-refractivity contribution in [3.8, 4) is 11.6 Å². The van der Waals surface area contributed by atoms with Crippen LogP contribution in [0.1, 0.15) is 46.9 Å². The highest BCUT2D eigenvalue weighted by atomic mass is 16.5. The molecule has 0 atom stereocenters. The average Bonchev–Trinajstić information content (AvgIpc) is 3.15. The summed E-state index contributed by atoms with van der Waals surface area (Å²) in [7, 11) is 0. The van der Waals surface area contributed by atoms with Crippen molar-refractivity contribution in [3.05, 3.63) is 82.0 Å². The Morgan fingerprint density at radius 1 is 0.971 bits per heavy atom. The lowest BCUT2D eigenvalue weighted by atomic mass is 10.0. The lowest BCUT2D eigenvalue weighted by Gasteiger charge is -2.14. The van der Waals surface area contributed by atoms with Crippen LogP contribution in [-0.2, 0) is 17.8 Å². The van der Waals surface area contributed by atoms with Gasteiger partial charge in [0, 0.05) is 23.9 Å². The van der Waals surface area contributed by atoms with Gasteiger partial charge in [-0.15, -0.1) is 0 Å². The Bertz CT molecular complexity index is 1310. The number of carbonyl (C=O) groups is 1. The molecule has 0 spiro atoms. The molecule has 176 valence electrons. The minimum absolute atomic E-state index is 0.00888. The number of amides is 1. The molecule has 0 saturated carbocycles.